The fraction of sp³-hybridized carbons (Fsp3) is 0.909. The van der Waals surface area contributed by atoms with Crippen LogP contribution < -0.4 is 0 Å². The average molecular weight is 197 g/mol. The van der Waals surface area contributed by atoms with Crippen LogP contribution in [0.1, 0.15) is 20.3 Å². The first kappa shape index (κ1) is 9.97. The SMILES string of the molecule is COCCC(=O)N1CC2C(C1)C2(C)C. The van der Waals surface area contributed by atoms with E-state index in [0.717, 1.165) is 24.9 Å². The average Bonchev–Trinajstić information content (AvgIpc) is 2.57. The Kier molecular flexibility index (Phi) is 2.30. The van der Waals surface area contributed by atoms with Crippen molar-refractivity contribution in [1.82, 2.24) is 4.90 Å². The Hall–Kier alpha value is -0.570. The van der Waals surface area contributed by atoms with Crippen molar-refractivity contribution >= 4 is 5.91 Å². The van der Waals surface area contributed by atoms with Gasteiger partial charge in [-0.1, -0.05) is 13.8 Å². The minimum atomic E-state index is 0.259. The Morgan fingerprint density at radius 3 is 2.50 bits per heavy atom. The van der Waals surface area contributed by atoms with Crippen LogP contribution in [-0.2, 0) is 9.53 Å². The van der Waals surface area contributed by atoms with E-state index in [1.165, 1.54) is 0 Å². The molecule has 2 aliphatic rings. The van der Waals surface area contributed by atoms with E-state index in [4.69, 9.17) is 4.74 Å². The predicted molar refractivity (Wildman–Crippen MR) is 53.8 cm³/mol. The standard InChI is InChI=1S/C11H19NO2/c1-11(2)8-6-12(7-9(8)11)10(13)4-5-14-3/h8-9H,4-7H2,1-3H3. The van der Waals surface area contributed by atoms with Crippen molar-refractivity contribution in [1.29, 1.82) is 0 Å². The van der Waals surface area contributed by atoms with Gasteiger partial charge in [-0.25, -0.2) is 0 Å². The topological polar surface area (TPSA) is 29.5 Å². The number of methoxy groups -OCH3 is 1. The van der Waals surface area contributed by atoms with E-state index in [-0.39, 0.29) is 5.91 Å². The third-order valence-corrected chi connectivity index (χ3v) is 3.99. The zero-order valence-corrected chi connectivity index (χ0v) is 9.25. The van der Waals surface area contributed by atoms with Crippen LogP contribution in [0.15, 0.2) is 0 Å². The summed E-state index contributed by atoms with van der Waals surface area (Å²) in [4.78, 5) is 13.6. The minimum Gasteiger partial charge on any atom is -0.384 e. The van der Waals surface area contributed by atoms with E-state index < -0.39 is 0 Å². The van der Waals surface area contributed by atoms with Crippen molar-refractivity contribution in [3.8, 4) is 0 Å². The summed E-state index contributed by atoms with van der Waals surface area (Å²) in [6, 6.07) is 0. The van der Waals surface area contributed by atoms with E-state index in [1.54, 1.807) is 7.11 Å². The minimum absolute atomic E-state index is 0.259. The summed E-state index contributed by atoms with van der Waals surface area (Å²) in [6.07, 6.45) is 0.538. The molecule has 0 aromatic heterocycles. The monoisotopic (exact) mass is 197 g/mol. The molecule has 0 aromatic rings. The molecule has 3 nitrogen and oxygen atoms in total. The van der Waals surface area contributed by atoms with Crippen LogP contribution in [0.5, 0.6) is 0 Å². The van der Waals surface area contributed by atoms with Gasteiger partial charge in [0.15, 0.2) is 0 Å². The summed E-state index contributed by atoms with van der Waals surface area (Å²) in [7, 11) is 1.64. The molecule has 14 heavy (non-hydrogen) atoms. The van der Waals surface area contributed by atoms with Gasteiger partial charge in [0.25, 0.3) is 0 Å². The van der Waals surface area contributed by atoms with Crippen LogP contribution in [0.25, 0.3) is 0 Å². The quantitative estimate of drug-likeness (QED) is 0.679. The third-order valence-electron chi connectivity index (χ3n) is 3.99. The Balaban J connectivity index is 1.79. The highest BCUT2D eigenvalue weighted by Gasteiger charge is 2.62. The van der Waals surface area contributed by atoms with Crippen molar-refractivity contribution in [3.05, 3.63) is 0 Å². The number of amides is 1. The fourth-order valence-corrected chi connectivity index (χ4v) is 2.68. The molecule has 2 fully saturated rings. The van der Waals surface area contributed by atoms with Gasteiger partial charge in [-0.05, 0) is 17.3 Å². The number of hydrogen-bond acceptors (Lipinski definition) is 2. The smallest absolute Gasteiger partial charge is 0.224 e. The number of piperidine rings is 1. The second-order valence-electron chi connectivity index (χ2n) is 5.08. The Bertz CT molecular complexity index is 236. The zero-order chi connectivity index (χ0) is 10.3. The van der Waals surface area contributed by atoms with Gasteiger partial charge < -0.3 is 9.64 Å². The Morgan fingerprint density at radius 2 is 2.00 bits per heavy atom. The van der Waals surface area contributed by atoms with Crippen molar-refractivity contribution in [2.45, 2.75) is 20.3 Å². The summed E-state index contributed by atoms with van der Waals surface area (Å²) in [5.74, 6) is 1.78. The van der Waals surface area contributed by atoms with Gasteiger partial charge in [0, 0.05) is 20.2 Å². The van der Waals surface area contributed by atoms with E-state index in [1.807, 2.05) is 4.90 Å². The van der Waals surface area contributed by atoms with Gasteiger partial charge >= 0.3 is 0 Å². The highest BCUT2D eigenvalue weighted by Crippen LogP contribution is 2.61. The summed E-state index contributed by atoms with van der Waals surface area (Å²) in [6.45, 7) is 7.10. The van der Waals surface area contributed by atoms with E-state index in [2.05, 4.69) is 13.8 Å². The van der Waals surface area contributed by atoms with Crippen molar-refractivity contribution in [2.75, 3.05) is 26.8 Å². The summed E-state index contributed by atoms with van der Waals surface area (Å²) in [5, 5.41) is 0. The van der Waals surface area contributed by atoms with Crippen molar-refractivity contribution < 1.29 is 9.53 Å². The molecule has 0 N–H and O–H groups in total. The van der Waals surface area contributed by atoms with Gasteiger partial charge in [0.1, 0.15) is 0 Å². The van der Waals surface area contributed by atoms with Crippen molar-refractivity contribution in [3.63, 3.8) is 0 Å². The van der Waals surface area contributed by atoms with Gasteiger partial charge in [0.2, 0.25) is 5.91 Å². The molecule has 2 unspecified atom stereocenters. The first-order valence-corrected chi connectivity index (χ1v) is 5.34. The van der Waals surface area contributed by atoms with Crippen molar-refractivity contribution in [2.24, 2.45) is 17.3 Å². The lowest BCUT2D eigenvalue weighted by Gasteiger charge is -2.21. The molecule has 1 aliphatic heterocycles. The second-order valence-corrected chi connectivity index (χ2v) is 5.08. The lowest BCUT2D eigenvalue weighted by atomic mass is 10.1. The molecule has 1 amide bonds. The Labute approximate surface area is 85.4 Å². The van der Waals surface area contributed by atoms with Gasteiger partial charge in [0.05, 0.1) is 13.0 Å². The first-order valence-electron chi connectivity index (χ1n) is 5.34. The van der Waals surface area contributed by atoms with Crippen LogP contribution in [0.2, 0.25) is 0 Å². The number of hydrogen-bond donors (Lipinski definition) is 0. The van der Waals surface area contributed by atoms with E-state index in [0.29, 0.717) is 18.4 Å². The Morgan fingerprint density at radius 1 is 1.43 bits per heavy atom. The third kappa shape index (κ3) is 1.44. The summed E-state index contributed by atoms with van der Waals surface area (Å²) >= 11 is 0. The molecule has 1 heterocycles. The number of likely N-dealkylation sites (tertiary alicyclic amines) is 1. The van der Waals surface area contributed by atoms with Crippen LogP contribution in [0, 0.1) is 17.3 Å². The lowest BCUT2D eigenvalue weighted by molar-refractivity contribution is -0.131. The molecule has 0 spiro atoms. The molecular formula is C11H19NO2. The highest BCUT2D eigenvalue weighted by molar-refractivity contribution is 5.77. The molecule has 2 atom stereocenters. The molecular weight excluding hydrogens is 178 g/mol. The molecule has 0 aromatic carbocycles. The summed E-state index contributed by atoms with van der Waals surface area (Å²) in [5.41, 5.74) is 0.498. The van der Waals surface area contributed by atoms with Gasteiger partial charge in [-0.2, -0.15) is 0 Å². The fourth-order valence-electron chi connectivity index (χ4n) is 2.68. The second kappa shape index (κ2) is 3.23. The lowest BCUT2D eigenvalue weighted by Crippen LogP contribution is -2.33. The number of carbonyl (C=O) groups excluding carboxylic acids is 1. The number of carbonyl (C=O) groups is 1. The maximum absolute atomic E-state index is 11.6. The predicted octanol–water partition coefficient (Wildman–Crippen LogP) is 1.14. The molecule has 0 bridgehead atoms. The van der Waals surface area contributed by atoms with Crippen LogP contribution in [-0.4, -0.2) is 37.6 Å². The molecule has 0 radical (unpaired) electrons. The number of nitrogens with zero attached hydrogens (tertiary/aromatic N) is 1. The van der Waals surface area contributed by atoms with E-state index in [9.17, 15) is 4.79 Å². The number of ether oxygens (including phenoxy) is 1. The zero-order valence-electron chi connectivity index (χ0n) is 9.25. The number of fused-ring (bicyclic) bond motifs is 1. The van der Waals surface area contributed by atoms with E-state index >= 15 is 0 Å². The van der Waals surface area contributed by atoms with Crippen LogP contribution in [0.4, 0.5) is 0 Å². The summed E-state index contributed by atoms with van der Waals surface area (Å²) < 4.78 is 4.90. The number of rotatable bonds is 3. The molecule has 2 rings (SSSR count). The maximum Gasteiger partial charge on any atom is 0.224 e. The molecule has 80 valence electrons. The molecule has 3 heteroatoms. The van der Waals surface area contributed by atoms with Crippen LogP contribution in [0.3, 0.4) is 0 Å². The highest BCUT2D eigenvalue weighted by atomic mass is 16.5. The maximum atomic E-state index is 11.6. The van der Waals surface area contributed by atoms with Gasteiger partial charge in [-0.15, -0.1) is 0 Å². The largest absolute Gasteiger partial charge is 0.384 e. The molecule has 1 saturated carbocycles. The first-order chi connectivity index (χ1) is 6.57. The van der Waals surface area contributed by atoms with Crippen LogP contribution >= 0.6 is 0 Å². The molecule has 1 saturated heterocycles. The van der Waals surface area contributed by atoms with Gasteiger partial charge in [-0.3, -0.25) is 4.79 Å². The molecule has 1 aliphatic carbocycles. The normalized spacial score (nSPS) is 32.9.